The van der Waals surface area contributed by atoms with Gasteiger partial charge in [-0.05, 0) is 35.6 Å². The number of anilines is 2. The maximum absolute atomic E-state index is 5.96. The lowest BCUT2D eigenvalue weighted by molar-refractivity contribution is 0.733. The summed E-state index contributed by atoms with van der Waals surface area (Å²) in [4.78, 5) is 7.99. The minimum atomic E-state index is 0.491. The van der Waals surface area contributed by atoms with Crippen LogP contribution in [-0.4, -0.2) is 11.5 Å². The smallest absolute Gasteiger partial charge is 0.153 e. The van der Waals surface area contributed by atoms with Crippen LogP contribution in [0.1, 0.15) is 10.4 Å². The first-order valence-corrected chi connectivity index (χ1v) is 6.72. The van der Waals surface area contributed by atoms with Crippen molar-refractivity contribution < 1.29 is 0 Å². The zero-order valence-corrected chi connectivity index (χ0v) is 10.8. The maximum atomic E-state index is 5.96. The third-order valence-corrected chi connectivity index (χ3v) is 4.21. The highest BCUT2D eigenvalue weighted by molar-refractivity contribution is 7.10. The van der Waals surface area contributed by atoms with Crippen LogP contribution in [0.15, 0.2) is 23.6 Å². The molecule has 2 N–H and O–H groups in total. The van der Waals surface area contributed by atoms with Crippen LogP contribution in [0, 0.1) is 0 Å². The Hall–Kier alpha value is -1.26. The lowest BCUT2D eigenvalue weighted by Gasteiger charge is -2.28. The van der Waals surface area contributed by atoms with Crippen molar-refractivity contribution in [2.75, 3.05) is 17.2 Å². The molecule has 1 aliphatic heterocycles. The Morgan fingerprint density at radius 3 is 3.12 bits per heavy atom. The van der Waals surface area contributed by atoms with Crippen LogP contribution >= 0.6 is 22.9 Å². The Kier molecular flexibility index (Phi) is 2.68. The summed E-state index contributed by atoms with van der Waals surface area (Å²) in [6, 6.07) is 5.71. The van der Waals surface area contributed by atoms with Gasteiger partial charge in [-0.1, -0.05) is 11.6 Å². The van der Waals surface area contributed by atoms with Crippen molar-refractivity contribution in [2.45, 2.75) is 13.0 Å². The highest BCUT2D eigenvalue weighted by atomic mass is 35.5. The summed E-state index contributed by atoms with van der Waals surface area (Å²) in [7, 11) is 0. The molecule has 0 spiro atoms. The van der Waals surface area contributed by atoms with Crippen molar-refractivity contribution in [3.05, 3.63) is 39.2 Å². The van der Waals surface area contributed by atoms with Gasteiger partial charge in [-0.3, -0.25) is 0 Å². The summed E-state index contributed by atoms with van der Waals surface area (Å²) in [5.74, 6) is 0.800. The number of nitrogen functional groups attached to an aromatic ring is 1. The molecule has 17 heavy (non-hydrogen) atoms. The summed E-state index contributed by atoms with van der Waals surface area (Å²) < 4.78 is 0. The van der Waals surface area contributed by atoms with Gasteiger partial charge in [0.15, 0.2) is 5.82 Å². The van der Waals surface area contributed by atoms with E-state index < -0.39 is 0 Å². The molecule has 3 rings (SSSR count). The third-order valence-electron chi connectivity index (χ3n) is 2.98. The lowest BCUT2D eigenvalue weighted by Crippen LogP contribution is -2.30. The molecule has 2 aromatic heterocycles. The molecule has 0 aromatic carbocycles. The second kappa shape index (κ2) is 4.20. The molecule has 0 aliphatic carbocycles. The molecule has 0 amide bonds. The van der Waals surface area contributed by atoms with E-state index in [0.29, 0.717) is 10.8 Å². The molecule has 0 unspecified atom stereocenters. The number of thiophene rings is 1. The summed E-state index contributed by atoms with van der Waals surface area (Å²) in [5.41, 5.74) is 8.02. The monoisotopic (exact) mass is 265 g/mol. The van der Waals surface area contributed by atoms with E-state index in [-0.39, 0.29) is 0 Å². The van der Waals surface area contributed by atoms with E-state index in [1.165, 1.54) is 10.4 Å². The standard InChI is InChI=1S/C12H12ClN3S/c13-11-2-1-9(14)12(15-11)16-5-3-10-8(7-16)4-6-17-10/h1-2,4,6H,3,5,7,14H2. The van der Waals surface area contributed by atoms with Gasteiger partial charge in [0.2, 0.25) is 0 Å². The fourth-order valence-electron chi connectivity index (χ4n) is 2.12. The Balaban J connectivity index is 1.94. The molecule has 3 heterocycles. The van der Waals surface area contributed by atoms with Crippen LogP contribution in [0.2, 0.25) is 5.15 Å². The molecular formula is C12H12ClN3S. The number of nitrogens with two attached hydrogens (primary N) is 1. The van der Waals surface area contributed by atoms with Crippen LogP contribution < -0.4 is 10.6 Å². The molecule has 3 nitrogen and oxygen atoms in total. The maximum Gasteiger partial charge on any atom is 0.153 e. The van der Waals surface area contributed by atoms with E-state index in [1.54, 1.807) is 6.07 Å². The Morgan fingerprint density at radius 1 is 1.35 bits per heavy atom. The van der Waals surface area contributed by atoms with Gasteiger partial charge in [0.25, 0.3) is 0 Å². The van der Waals surface area contributed by atoms with Gasteiger partial charge >= 0.3 is 0 Å². The molecule has 1 aliphatic rings. The number of fused-ring (bicyclic) bond motifs is 1. The van der Waals surface area contributed by atoms with Gasteiger partial charge in [-0.15, -0.1) is 11.3 Å². The fraction of sp³-hybridized carbons (Fsp3) is 0.250. The molecule has 0 bridgehead atoms. The third kappa shape index (κ3) is 1.98. The number of rotatable bonds is 1. The molecule has 88 valence electrons. The fourth-order valence-corrected chi connectivity index (χ4v) is 3.15. The van der Waals surface area contributed by atoms with E-state index >= 15 is 0 Å². The molecular weight excluding hydrogens is 254 g/mol. The SMILES string of the molecule is Nc1ccc(Cl)nc1N1CCc2sccc2C1. The Bertz CT molecular complexity index is 552. The molecule has 5 heteroatoms. The van der Waals surface area contributed by atoms with Crippen LogP contribution in [-0.2, 0) is 13.0 Å². The average Bonchev–Trinajstić information content (AvgIpc) is 2.79. The Morgan fingerprint density at radius 2 is 2.24 bits per heavy atom. The van der Waals surface area contributed by atoms with Crippen LogP contribution in [0.5, 0.6) is 0 Å². The minimum Gasteiger partial charge on any atom is -0.396 e. The largest absolute Gasteiger partial charge is 0.396 e. The van der Waals surface area contributed by atoms with Gasteiger partial charge in [-0.2, -0.15) is 0 Å². The number of hydrogen-bond donors (Lipinski definition) is 1. The number of halogens is 1. The van der Waals surface area contributed by atoms with Crippen molar-refractivity contribution in [3.63, 3.8) is 0 Å². The molecule has 0 fully saturated rings. The normalized spacial score (nSPS) is 14.8. The molecule has 2 aromatic rings. The lowest BCUT2D eigenvalue weighted by atomic mass is 10.1. The Labute approximate surface area is 109 Å². The molecule has 0 saturated carbocycles. The first-order chi connectivity index (χ1) is 8.24. The van der Waals surface area contributed by atoms with Crippen molar-refractivity contribution in [1.82, 2.24) is 4.98 Å². The van der Waals surface area contributed by atoms with E-state index in [2.05, 4.69) is 21.3 Å². The van der Waals surface area contributed by atoms with Gasteiger partial charge in [0.1, 0.15) is 5.15 Å². The topological polar surface area (TPSA) is 42.1 Å². The van der Waals surface area contributed by atoms with Crippen molar-refractivity contribution in [3.8, 4) is 0 Å². The second-order valence-electron chi connectivity index (χ2n) is 4.09. The zero-order valence-electron chi connectivity index (χ0n) is 9.19. The van der Waals surface area contributed by atoms with Gasteiger partial charge in [-0.25, -0.2) is 4.98 Å². The van der Waals surface area contributed by atoms with Crippen LogP contribution in [0.4, 0.5) is 11.5 Å². The summed E-state index contributed by atoms with van der Waals surface area (Å²) in [6.07, 6.45) is 1.06. The summed E-state index contributed by atoms with van der Waals surface area (Å²) in [6.45, 7) is 1.82. The number of hydrogen-bond acceptors (Lipinski definition) is 4. The average molecular weight is 266 g/mol. The van der Waals surface area contributed by atoms with Crippen molar-refractivity contribution >= 4 is 34.4 Å². The first-order valence-electron chi connectivity index (χ1n) is 5.46. The van der Waals surface area contributed by atoms with Crippen molar-refractivity contribution in [1.29, 1.82) is 0 Å². The number of nitrogens with zero attached hydrogens (tertiary/aromatic N) is 2. The molecule has 0 saturated heterocycles. The number of aromatic nitrogens is 1. The summed E-state index contributed by atoms with van der Waals surface area (Å²) >= 11 is 7.75. The van der Waals surface area contributed by atoms with Gasteiger partial charge < -0.3 is 10.6 Å². The highest BCUT2D eigenvalue weighted by Crippen LogP contribution is 2.30. The van der Waals surface area contributed by atoms with Crippen LogP contribution in [0.3, 0.4) is 0 Å². The van der Waals surface area contributed by atoms with E-state index in [1.807, 2.05) is 17.4 Å². The predicted octanol–water partition coefficient (Wildman–Crippen LogP) is 2.94. The number of pyridine rings is 1. The highest BCUT2D eigenvalue weighted by Gasteiger charge is 2.20. The second-order valence-corrected chi connectivity index (χ2v) is 5.48. The first kappa shape index (κ1) is 10.9. The quantitative estimate of drug-likeness (QED) is 0.806. The van der Waals surface area contributed by atoms with E-state index in [0.717, 1.165) is 25.3 Å². The van der Waals surface area contributed by atoms with Crippen molar-refractivity contribution in [2.24, 2.45) is 0 Å². The summed E-state index contributed by atoms with van der Waals surface area (Å²) in [5, 5.41) is 2.63. The molecule has 0 atom stereocenters. The predicted molar refractivity (Wildman–Crippen MR) is 72.7 cm³/mol. The van der Waals surface area contributed by atoms with Gasteiger partial charge in [0.05, 0.1) is 5.69 Å². The van der Waals surface area contributed by atoms with E-state index in [4.69, 9.17) is 17.3 Å². The van der Waals surface area contributed by atoms with Gasteiger partial charge in [0, 0.05) is 18.0 Å². The van der Waals surface area contributed by atoms with E-state index in [9.17, 15) is 0 Å². The van der Waals surface area contributed by atoms with Crippen LogP contribution in [0.25, 0.3) is 0 Å². The minimum absolute atomic E-state index is 0.491. The zero-order chi connectivity index (χ0) is 11.8. The molecule has 0 radical (unpaired) electrons.